The van der Waals surface area contributed by atoms with Crippen LogP contribution in [0.3, 0.4) is 0 Å². The van der Waals surface area contributed by atoms with E-state index in [2.05, 4.69) is 35.0 Å². The van der Waals surface area contributed by atoms with Gasteiger partial charge in [0.25, 0.3) is 0 Å². The van der Waals surface area contributed by atoms with E-state index in [1.807, 2.05) is 6.92 Å². The minimum Gasteiger partial charge on any atom is -0.383 e. The predicted molar refractivity (Wildman–Crippen MR) is 83.6 cm³/mol. The van der Waals surface area contributed by atoms with Crippen LogP contribution in [-0.4, -0.2) is 31.9 Å². The van der Waals surface area contributed by atoms with Crippen molar-refractivity contribution >= 4 is 11.3 Å². The summed E-state index contributed by atoms with van der Waals surface area (Å²) in [5.41, 5.74) is 3.17. The average Bonchev–Trinajstić information content (AvgIpc) is 2.95. The van der Waals surface area contributed by atoms with Gasteiger partial charge in [-0.25, -0.2) is 4.98 Å². The largest absolute Gasteiger partial charge is 0.383 e. The van der Waals surface area contributed by atoms with E-state index in [0.29, 0.717) is 19.8 Å². The smallest absolute Gasteiger partial charge is 0.120 e. The first-order chi connectivity index (χ1) is 10.3. The maximum atomic E-state index is 5.87. The minimum absolute atomic E-state index is 0.369. The monoisotopic (exact) mass is 304 g/mol. The first-order valence-electron chi connectivity index (χ1n) is 7.09. The van der Waals surface area contributed by atoms with Crippen LogP contribution in [0.2, 0.25) is 0 Å². The Morgan fingerprint density at radius 1 is 1.43 bits per heavy atom. The van der Waals surface area contributed by atoms with Crippen LogP contribution >= 0.6 is 11.3 Å². The summed E-state index contributed by atoms with van der Waals surface area (Å²) in [4.78, 5) is 4.72. The molecule has 0 saturated heterocycles. The number of hydrogen-bond acceptors (Lipinski definition) is 5. The number of methoxy groups -OCH3 is 1. The summed E-state index contributed by atoms with van der Waals surface area (Å²) in [5, 5.41) is 6.77. The number of fused-ring (bicyclic) bond motifs is 1. The molecule has 1 atom stereocenters. The number of benzene rings is 1. The van der Waals surface area contributed by atoms with Crippen LogP contribution in [0, 0.1) is 6.92 Å². The van der Waals surface area contributed by atoms with Crippen molar-refractivity contribution < 1.29 is 9.47 Å². The summed E-state index contributed by atoms with van der Waals surface area (Å²) in [7, 11) is 1.72. The fourth-order valence-electron chi connectivity index (χ4n) is 2.77. The Bertz CT molecular complexity index is 614. The van der Waals surface area contributed by atoms with Crippen molar-refractivity contribution in [1.82, 2.24) is 10.3 Å². The first kappa shape index (κ1) is 14.7. The number of aryl methyl sites for hydroxylation is 1. The normalized spacial score (nSPS) is 21.2. The van der Waals surface area contributed by atoms with Gasteiger partial charge in [0.1, 0.15) is 10.5 Å². The molecule has 2 heterocycles. The molecule has 5 heteroatoms. The molecule has 0 aliphatic carbocycles. The molecule has 1 aromatic heterocycles. The fraction of sp³-hybridized carbons (Fsp3) is 0.438. The molecular formula is C16H20N2O2S. The van der Waals surface area contributed by atoms with Gasteiger partial charge in [-0.2, -0.15) is 0 Å². The summed E-state index contributed by atoms with van der Waals surface area (Å²) in [6, 6.07) is 8.44. The van der Waals surface area contributed by atoms with Crippen LogP contribution in [0.1, 0.15) is 21.8 Å². The van der Waals surface area contributed by atoms with Crippen LogP contribution in [0.5, 0.6) is 0 Å². The molecule has 21 heavy (non-hydrogen) atoms. The number of thiazole rings is 1. The van der Waals surface area contributed by atoms with Crippen LogP contribution in [0.4, 0.5) is 0 Å². The van der Waals surface area contributed by atoms with Crippen molar-refractivity contribution in [2.24, 2.45) is 0 Å². The van der Waals surface area contributed by atoms with Gasteiger partial charge in [0.15, 0.2) is 0 Å². The number of nitrogens with zero attached hydrogens (tertiary/aromatic N) is 1. The Labute approximate surface area is 129 Å². The van der Waals surface area contributed by atoms with E-state index in [4.69, 9.17) is 14.5 Å². The minimum atomic E-state index is -0.369. The second-order valence-electron chi connectivity index (χ2n) is 5.27. The molecular weight excluding hydrogens is 284 g/mol. The van der Waals surface area contributed by atoms with Gasteiger partial charge in [0.2, 0.25) is 0 Å². The fourth-order valence-corrected chi connectivity index (χ4v) is 3.74. The van der Waals surface area contributed by atoms with Crippen LogP contribution in [0.25, 0.3) is 0 Å². The lowest BCUT2D eigenvalue weighted by atomic mass is 9.85. The van der Waals surface area contributed by atoms with Gasteiger partial charge < -0.3 is 9.47 Å². The van der Waals surface area contributed by atoms with Gasteiger partial charge in [-0.1, -0.05) is 24.3 Å². The highest BCUT2D eigenvalue weighted by molar-refractivity contribution is 7.09. The SMILES string of the molecule is COCCNC1(c2nc(C)cs2)COCc2ccccc21. The Morgan fingerprint density at radius 3 is 3.05 bits per heavy atom. The highest BCUT2D eigenvalue weighted by Gasteiger charge is 2.41. The topological polar surface area (TPSA) is 43.4 Å². The number of nitrogens with one attached hydrogen (secondary N) is 1. The van der Waals surface area contributed by atoms with E-state index >= 15 is 0 Å². The summed E-state index contributed by atoms with van der Waals surface area (Å²) in [6.45, 7) is 4.70. The summed E-state index contributed by atoms with van der Waals surface area (Å²) in [5.74, 6) is 0. The molecule has 0 bridgehead atoms. The van der Waals surface area contributed by atoms with E-state index in [1.165, 1.54) is 11.1 Å². The Morgan fingerprint density at radius 2 is 2.29 bits per heavy atom. The highest BCUT2D eigenvalue weighted by atomic mass is 32.1. The van der Waals surface area contributed by atoms with Crippen LogP contribution in [0.15, 0.2) is 29.6 Å². The Hall–Kier alpha value is -1.27. The zero-order chi connectivity index (χ0) is 14.7. The van der Waals surface area contributed by atoms with Crippen molar-refractivity contribution in [3.05, 3.63) is 51.5 Å². The molecule has 1 aliphatic heterocycles. The van der Waals surface area contributed by atoms with E-state index < -0.39 is 0 Å². The van der Waals surface area contributed by atoms with Gasteiger partial charge in [-0.3, -0.25) is 5.32 Å². The van der Waals surface area contributed by atoms with Crippen LogP contribution < -0.4 is 5.32 Å². The molecule has 0 fully saturated rings. The molecule has 4 nitrogen and oxygen atoms in total. The molecule has 0 amide bonds. The third-order valence-corrected chi connectivity index (χ3v) is 4.89. The zero-order valence-corrected chi connectivity index (χ0v) is 13.2. The molecule has 2 aromatic rings. The molecule has 1 aromatic carbocycles. The quantitative estimate of drug-likeness (QED) is 0.862. The van der Waals surface area contributed by atoms with E-state index in [9.17, 15) is 0 Å². The van der Waals surface area contributed by atoms with Gasteiger partial charge in [0.05, 0.1) is 19.8 Å². The van der Waals surface area contributed by atoms with Crippen molar-refractivity contribution in [3.63, 3.8) is 0 Å². The highest BCUT2D eigenvalue weighted by Crippen LogP contribution is 2.37. The molecule has 1 N–H and O–H groups in total. The standard InChI is InChI=1S/C16H20N2O2S/c1-12-10-21-15(18-12)16(17-7-8-19-2)11-20-9-13-5-3-4-6-14(13)16/h3-6,10,17H,7-9,11H2,1-2H3. The maximum absolute atomic E-state index is 5.87. The lowest BCUT2D eigenvalue weighted by Crippen LogP contribution is -2.51. The van der Waals surface area contributed by atoms with Crippen molar-refractivity contribution in [3.8, 4) is 0 Å². The van der Waals surface area contributed by atoms with Crippen molar-refractivity contribution in [1.29, 1.82) is 0 Å². The molecule has 1 aliphatic rings. The first-order valence-corrected chi connectivity index (χ1v) is 7.97. The molecule has 112 valence electrons. The number of rotatable bonds is 5. The lowest BCUT2D eigenvalue weighted by molar-refractivity contribution is 0.0490. The Kier molecular flexibility index (Phi) is 4.35. The second kappa shape index (κ2) is 6.23. The maximum Gasteiger partial charge on any atom is 0.120 e. The number of hydrogen-bond donors (Lipinski definition) is 1. The van der Waals surface area contributed by atoms with Gasteiger partial charge in [0, 0.05) is 24.7 Å². The van der Waals surface area contributed by atoms with Gasteiger partial charge >= 0.3 is 0 Å². The van der Waals surface area contributed by atoms with E-state index in [1.54, 1.807) is 18.4 Å². The molecule has 0 spiro atoms. The average molecular weight is 304 g/mol. The lowest BCUT2D eigenvalue weighted by Gasteiger charge is -2.38. The van der Waals surface area contributed by atoms with E-state index in [-0.39, 0.29) is 5.54 Å². The van der Waals surface area contributed by atoms with Gasteiger partial charge in [-0.15, -0.1) is 11.3 Å². The predicted octanol–water partition coefficient (Wildman–Crippen LogP) is 2.46. The Balaban J connectivity index is 2.05. The van der Waals surface area contributed by atoms with Crippen molar-refractivity contribution in [2.45, 2.75) is 19.1 Å². The van der Waals surface area contributed by atoms with Gasteiger partial charge in [-0.05, 0) is 18.1 Å². The van der Waals surface area contributed by atoms with E-state index in [0.717, 1.165) is 17.2 Å². The second-order valence-corrected chi connectivity index (χ2v) is 6.13. The third-order valence-electron chi connectivity index (χ3n) is 3.77. The molecule has 1 unspecified atom stereocenters. The number of aromatic nitrogens is 1. The molecule has 0 saturated carbocycles. The summed E-state index contributed by atoms with van der Waals surface area (Å²) in [6.07, 6.45) is 0. The number of ether oxygens (including phenoxy) is 2. The summed E-state index contributed by atoms with van der Waals surface area (Å²) < 4.78 is 11.1. The summed E-state index contributed by atoms with van der Waals surface area (Å²) >= 11 is 1.68. The molecule has 3 rings (SSSR count). The molecule has 0 radical (unpaired) electrons. The van der Waals surface area contributed by atoms with Crippen LogP contribution in [-0.2, 0) is 21.6 Å². The third kappa shape index (κ3) is 2.74. The van der Waals surface area contributed by atoms with Crippen molar-refractivity contribution in [2.75, 3.05) is 26.9 Å². The zero-order valence-electron chi connectivity index (χ0n) is 12.4.